The Morgan fingerprint density at radius 2 is 2.06 bits per heavy atom. The van der Waals surface area contributed by atoms with Gasteiger partial charge in [-0.05, 0) is 54.6 Å². The third kappa shape index (κ3) is 4.55. The molecule has 164 valence electrons. The second kappa shape index (κ2) is 8.55. The quantitative estimate of drug-likeness (QED) is 0.502. The van der Waals surface area contributed by atoms with Crippen molar-refractivity contribution in [2.24, 2.45) is 10.1 Å². The number of benzene rings is 1. The zero-order chi connectivity index (χ0) is 22.9. The van der Waals surface area contributed by atoms with Crippen molar-refractivity contribution in [3.8, 4) is 11.5 Å². The SMILES string of the molecule is CCOc1cc(/C=C2/C(=N)N3N=C(c4cccnc4)SC3=NC2=O)ccc1OS(C)(=O)=O. The lowest BCUT2D eigenvalue weighted by atomic mass is 10.1. The number of carbonyl (C=O) groups excluding carboxylic acids is 1. The first-order valence-electron chi connectivity index (χ1n) is 9.32. The van der Waals surface area contributed by atoms with Gasteiger partial charge in [0.15, 0.2) is 17.3 Å². The fourth-order valence-electron chi connectivity index (χ4n) is 2.88. The van der Waals surface area contributed by atoms with Crippen molar-refractivity contribution in [3.05, 3.63) is 59.4 Å². The maximum absolute atomic E-state index is 12.6. The topological polar surface area (TPSA) is 134 Å². The van der Waals surface area contributed by atoms with Gasteiger partial charge in [-0.2, -0.15) is 23.5 Å². The fraction of sp³-hybridized carbons (Fsp3) is 0.150. The minimum absolute atomic E-state index is 0.0310. The Hall–Kier alpha value is -3.51. The van der Waals surface area contributed by atoms with Crippen LogP contribution in [0.3, 0.4) is 0 Å². The van der Waals surface area contributed by atoms with Crippen molar-refractivity contribution in [2.45, 2.75) is 6.92 Å². The molecule has 2 aliphatic rings. The van der Waals surface area contributed by atoms with E-state index in [-0.39, 0.29) is 29.5 Å². The summed E-state index contributed by atoms with van der Waals surface area (Å²) in [6.07, 6.45) is 5.69. The number of thioether (sulfide) groups is 1. The highest BCUT2D eigenvalue weighted by molar-refractivity contribution is 8.27. The van der Waals surface area contributed by atoms with E-state index in [1.807, 2.05) is 6.07 Å². The van der Waals surface area contributed by atoms with Crippen LogP contribution >= 0.6 is 11.8 Å². The molecule has 0 aliphatic carbocycles. The summed E-state index contributed by atoms with van der Waals surface area (Å²) in [5, 5.41) is 15.1. The number of hydrogen-bond donors (Lipinski definition) is 1. The molecule has 3 heterocycles. The molecule has 0 saturated carbocycles. The Morgan fingerprint density at radius 3 is 2.75 bits per heavy atom. The highest BCUT2D eigenvalue weighted by atomic mass is 32.2. The molecule has 0 unspecified atom stereocenters. The number of amides is 1. The standard InChI is InChI=1S/C20H17N5O5S2/c1-3-29-16-10-12(6-7-15(16)30-32(2,27)28)9-14-17(21)25-20(23-18(14)26)31-19(24-25)13-5-4-8-22-11-13/h4-11,21H,3H2,1-2H3/b14-9-,21-17?. The van der Waals surface area contributed by atoms with Crippen LogP contribution < -0.4 is 8.92 Å². The number of hydrazone groups is 1. The van der Waals surface area contributed by atoms with Crippen molar-refractivity contribution >= 4 is 49.9 Å². The second-order valence-electron chi connectivity index (χ2n) is 6.59. The van der Waals surface area contributed by atoms with E-state index in [0.717, 1.165) is 11.8 Å². The summed E-state index contributed by atoms with van der Waals surface area (Å²) in [6, 6.07) is 8.11. The first-order valence-corrected chi connectivity index (χ1v) is 12.0. The molecular weight excluding hydrogens is 454 g/mol. The molecule has 0 saturated heterocycles. The number of carbonyl (C=O) groups is 1. The van der Waals surface area contributed by atoms with E-state index in [0.29, 0.717) is 15.8 Å². The Bertz CT molecular complexity index is 1300. The monoisotopic (exact) mass is 471 g/mol. The number of hydrogen-bond acceptors (Lipinski definition) is 9. The number of ether oxygens (including phenoxy) is 1. The van der Waals surface area contributed by atoms with Crippen LogP contribution in [-0.2, 0) is 14.9 Å². The minimum atomic E-state index is -3.74. The number of nitrogens with one attached hydrogen (secondary N) is 1. The Kier molecular flexibility index (Phi) is 5.80. The van der Waals surface area contributed by atoms with Gasteiger partial charge in [-0.3, -0.25) is 15.2 Å². The molecule has 2 aliphatic heterocycles. The van der Waals surface area contributed by atoms with Crippen LogP contribution in [0.25, 0.3) is 6.08 Å². The van der Waals surface area contributed by atoms with Crippen LogP contribution in [-0.4, -0.2) is 53.2 Å². The van der Waals surface area contributed by atoms with Crippen molar-refractivity contribution in [2.75, 3.05) is 12.9 Å². The van der Waals surface area contributed by atoms with Crippen molar-refractivity contribution in [1.29, 1.82) is 5.41 Å². The number of nitrogens with zero attached hydrogens (tertiary/aromatic N) is 4. The zero-order valence-electron chi connectivity index (χ0n) is 17.0. The molecule has 32 heavy (non-hydrogen) atoms. The molecule has 1 aromatic carbocycles. The lowest BCUT2D eigenvalue weighted by Gasteiger charge is -2.20. The smallest absolute Gasteiger partial charge is 0.306 e. The van der Waals surface area contributed by atoms with Crippen LogP contribution in [0.5, 0.6) is 11.5 Å². The van der Waals surface area contributed by atoms with Gasteiger partial charge in [0.25, 0.3) is 5.91 Å². The van der Waals surface area contributed by atoms with E-state index in [9.17, 15) is 13.2 Å². The van der Waals surface area contributed by atoms with Crippen LogP contribution in [0.2, 0.25) is 0 Å². The van der Waals surface area contributed by atoms with E-state index in [4.69, 9.17) is 14.3 Å². The molecule has 4 rings (SSSR count). The van der Waals surface area contributed by atoms with Crippen LogP contribution in [0.1, 0.15) is 18.1 Å². The first kappa shape index (κ1) is 21.7. The molecule has 1 amide bonds. The van der Waals surface area contributed by atoms with Gasteiger partial charge in [0, 0.05) is 18.0 Å². The normalized spacial score (nSPS) is 17.2. The average Bonchev–Trinajstić information content (AvgIpc) is 3.17. The molecule has 0 bridgehead atoms. The van der Waals surface area contributed by atoms with Gasteiger partial charge < -0.3 is 8.92 Å². The maximum Gasteiger partial charge on any atom is 0.306 e. The fourth-order valence-corrected chi connectivity index (χ4v) is 4.22. The highest BCUT2D eigenvalue weighted by Crippen LogP contribution is 2.33. The number of aliphatic imine (C=N–C) groups is 1. The molecule has 1 N–H and O–H groups in total. The predicted molar refractivity (Wildman–Crippen MR) is 121 cm³/mol. The van der Waals surface area contributed by atoms with E-state index in [1.54, 1.807) is 31.5 Å². The summed E-state index contributed by atoms with van der Waals surface area (Å²) in [6.45, 7) is 2.02. The van der Waals surface area contributed by atoms with Gasteiger partial charge in [0.1, 0.15) is 5.04 Å². The lowest BCUT2D eigenvalue weighted by molar-refractivity contribution is -0.114. The van der Waals surface area contributed by atoms with E-state index >= 15 is 0 Å². The molecule has 10 nitrogen and oxygen atoms in total. The molecule has 0 fully saturated rings. The van der Waals surface area contributed by atoms with Gasteiger partial charge >= 0.3 is 10.1 Å². The Labute approximate surface area is 188 Å². The van der Waals surface area contributed by atoms with E-state index < -0.39 is 16.0 Å². The van der Waals surface area contributed by atoms with Crippen molar-refractivity contribution in [1.82, 2.24) is 9.99 Å². The molecule has 2 aromatic rings. The summed E-state index contributed by atoms with van der Waals surface area (Å²) < 4.78 is 33.4. The van der Waals surface area contributed by atoms with Crippen LogP contribution in [0.15, 0.2) is 58.4 Å². The molecule has 0 spiro atoms. The predicted octanol–water partition coefficient (Wildman–Crippen LogP) is 2.49. The number of rotatable bonds is 6. The maximum atomic E-state index is 12.6. The van der Waals surface area contributed by atoms with Gasteiger partial charge in [-0.25, -0.2) is 0 Å². The van der Waals surface area contributed by atoms with E-state index in [2.05, 4.69) is 15.1 Å². The number of amidine groups is 2. The van der Waals surface area contributed by atoms with Crippen molar-refractivity contribution < 1.29 is 22.1 Å². The van der Waals surface area contributed by atoms with Gasteiger partial charge in [0.05, 0.1) is 18.4 Å². The number of pyridine rings is 1. The largest absolute Gasteiger partial charge is 0.490 e. The summed E-state index contributed by atoms with van der Waals surface area (Å²) >= 11 is 1.18. The third-order valence-electron chi connectivity index (χ3n) is 4.18. The average molecular weight is 472 g/mol. The number of aromatic nitrogens is 1. The van der Waals surface area contributed by atoms with Gasteiger partial charge in [-0.1, -0.05) is 6.07 Å². The van der Waals surface area contributed by atoms with Gasteiger partial charge in [-0.15, -0.1) is 0 Å². The Balaban J connectivity index is 1.66. The minimum Gasteiger partial charge on any atom is -0.490 e. The van der Waals surface area contributed by atoms with Gasteiger partial charge in [0.2, 0.25) is 5.17 Å². The van der Waals surface area contributed by atoms with Crippen LogP contribution in [0, 0.1) is 5.41 Å². The third-order valence-corrected chi connectivity index (χ3v) is 5.62. The zero-order valence-corrected chi connectivity index (χ0v) is 18.6. The second-order valence-corrected chi connectivity index (χ2v) is 9.12. The highest BCUT2D eigenvalue weighted by Gasteiger charge is 2.36. The molecule has 0 radical (unpaired) electrons. The van der Waals surface area contributed by atoms with E-state index in [1.165, 1.54) is 35.0 Å². The molecule has 0 atom stereocenters. The summed E-state index contributed by atoms with van der Waals surface area (Å²) in [7, 11) is -3.74. The number of fused-ring (bicyclic) bond motifs is 1. The molecule has 1 aromatic heterocycles. The lowest BCUT2D eigenvalue weighted by Crippen LogP contribution is -2.35. The van der Waals surface area contributed by atoms with Crippen LogP contribution in [0.4, 0.5) is 0 Å². The summed E-state index contributed by atoms with van der Waals surface area (Å²) in [4.78, 5) is 20.7. The molecule has 12 heteroatoms. The first-order chi connectivity index (χ1) is 15.2. The van der Waals surface area contributed by atoms with Crippen molar-refractivity contribution in [3.63, 3.8) is 0 Å². The summed E-state index contributed by atoms with van der Waals surface area (Å²) in [5.41, 5.74) is 1.29. The summed E-state index contributed by atoms with van der Waals surface area (Å²) in [5.74, 6) is -0.477. The Morgan fingerprint density at radius 1 is 1.25 bits per heavy atom. The molecular formula is C20H17N5O5S2.